The molecule has 0 fully saturated rings. The molecule has 0 aliphatic heterocycles. The maximum Gasteiger partial charge on any atom is 0.237 e. The van der Waals surface area contributed by atoms with Crippen molar-refractivity contribution in [2.45, 2.75) is 17.3 Å². The molecule has 134 valence electrons. The van der Waals surface area contributed by atoms with Crippen molar-refractivity contribution in [3.8, 4) is 5.69 Å². The van der Waals surface area contributed by atoms with E-state index < -0.39 is 22.8 Å². The summed E-state index contributed by atoms with van der Waals surface area (Å²) in [7, 11) is 0. The van der Waals surface area contributed by atoms with E-state index in [9.17, 15) is 13.6 Å². The number of hydrogen-bond donors (Lipinski definition) is 1. The largest absolute Gasteiger partial charge is 0.323 e. The van der Waals surface area contributed by atoms with E-state index in [0.717, 1.165) is 17.8 Å². The van der Waals surface area contributed by atoms with Crippen LogP contribution >= 0.6 is 23.4 Å². The molecule has 3 aromatic rings. The Hall–Kier alpha value is -2.38. The lowest BCUT2D eigenvalue weighted by Crippen LogP contribution is -2.23. The van der Waals surface area contributed by atoms with Gasteiger partial charge in [-0.15, -0.1) is 0 Å². The molecule has 0 saturated heterocycles. The summed E-state index contributed by atoms with van der Waals surface area (Å²) < 4.78 is 28.5. The van der Waals surface area contributed by atoms with E-state index in [1.165, 1.54) is 17.8 Å². The van der Waals surface area contributed by atoms with Crippen molar-refractivity contribution in [2.75, 3.05) is 5.32 Å². The first-order valence-corrected chi connectivity index (χ1v) is 8.91. The van der Waals surface area contributed by atoms with Crippen LogP contribution < -0.4 is 5.32 Å². The molecule has 1 aromatic heterocycles. The SMILES string of the molecule is C[C@H](Sc1nccn1-c1ccc(Cl)cc1)C(=O)Nc1ccc(F)cc1F. The quantitative estimate of drug-likeness (QED) is 0.625. The number of benzene rings is 2. The number of thioether (sulfide) groups is 1. The summed E-state index contributed by atoms with van der Waals surface area (Å²) in [5.41, 5.74) is 0.788. The minimum absolute atomic E-state index is 0.0649. The van der Waals surface area contributed by atoms with Gasteiger partial charge in [-0.3, -0.25) is 9.36 Å². The zero-order valence-electron chi connectivity index (χ0n) is 13.6. The molecular formula is C18H14ClF2N3OS. The number of imidazole rings is 1. The van der Waals surface area contributed by atoms with Gasteiger partial charge in [-0.25, -0.2) is 13.8 Å². The normalized spacial score (nSPS) is 12.0. The zero-order valence-corrected chi connectivity index (χ0v) is 15.2. The van der Waals surface area contributed by atoms with Gasteiger partial charge in [0.05, 0.1) is 10.9 Å². The fourth-order valence-corrected chi connectivity index (χ4v) is 3.22. The van der Waals surface area contributed by atoms with Crippen LogP contribution in [-0.4, -0.2) is 20.7 Å². The fourth-order valence-electron chi connectivity index (χ4n) is 2.21. The molecule has 1 amide bonds. The van der Waals surface area contributed by atoms with Gasteiger partial charge in [0.15, 0.2) is 5.16 Å². The summed E-state index contributed by atoms with van der Waals surface area (Å²) in [6, 6.07) is 10.2. The van der Waals surface area contributed by atoms with Gasteiger partial charge >= 0.3 is 0 Å². The van der Waals surface area contributed by atoms with E-state index in [4.69, 9.17) is 11.6 Å². The lowest BCUT2D eigenvalue weighted by atomic mass is 10.3. The fraction of sp³-hybridized carbons (Fsp3) is 0.111. The third kappa shape index (κ3) is 4.23. The molecule has 2 aromatic carbocycles. The third-order valence-electron chi connectivity index (χ3n) is 3.55. The maximum absolute atomic E-state index is 13.7. The van der Waals surface area contributed by atoms with Gasteiger partial charge in [0.25, 0.3) is 0 Å². The summed E-state index contributed by atoms with van der Waals surface area (Å²) in [5.74, 6) is -1.93. The molecule has 0 bridgehead atoms. The van der Waals surface area contributed by atoms with Crippen molar-refractivity contribution in [3.05, 3.63) is 71.5 Å². The Labute approximate surface area is 158 Å². The molecule has 3 rings (SSSR count). The average Bonchev–Trinajstić information content (AvgIpc) is 3.06. The van der Waals surface area contributed by atoms with E-state index in [1.54, 1.807) is 31.5 Å². The van der Waals surface area contributed by atoms with Crippen molar-refractivity contribution in [3.63, 3.8) is 0 Å². The summed E-state index contributed by atoms with van der Waals surface area (Å²) >= 11 is 7.12. The first-order chi connectivity index (χ1) is 12.4. The van der Waals surface area contributed by atoms with Crippen LogP contribution in [0.5, 0.6) is 0 Å². The zero-order chi connectivity index (χ0) is 18.7. The molecule has 1 N–H and O–H groups in total. The molecule has 0 spiro atoms. The van der Waals surface area contributed by atoms with Crippen molar-refractivity contribution in [2.24, 2.45) is 0 Å². The Morgan fingerprint density at radius 3 is 2.65 bits per heavy atom. The average molecular weight is 394 g/mol. The van der Waals surface area contributed by atoms with E-state index in [1.807, 2.05) is 16.7 Å². The van der Waals surface area contributed by atoms with E-state index in [-0.39, 0.29) is 5.69 Å². The number of carbonyl (C=O) groups is 1. The number of amides is 1. The number of halogens is 3. The number of rotatable bonds is 5. The molecule has 0 aliphatic carbocycles. The first-order valence-electron chi connectivity index (χ1n) is 7.66. The molecule has 26 heavy (non-hydrogen) atoms. The molecule has 0 aliphatic rings. The van der Waals surface area contributed by atoms with E-state index >= 15 is 0 Å². The van der Waals surface area contributed by atoms with Gasteiger partial charge < -0.3 is 5.32 Å². The lowest BCUT2D eigenvalue weighted by Gasteiger charge is -2.13. The highest BCUT2D eigenvalue weighted by Gasteiger charge is 2.19. The van der Waals surface area contributed by atoms with Gasteiger partial charge in [-0.2, -0.15) is 0 Å². The Kier molecular flexibility index (Phi) is 5.58. The smallest absolute Gasteiger partial charge is 0.237 e. The van der Waals surface area contributed by atoms with Crippen LogP contribution in [0.3, 0.4) is 0 Å². The van der Waals surface area contributed by atoms with Crippen molar-refractivity contribution < 1.29 is 13.6 Å². The predicted molar refractivity (Wildman–Crippen MR) is 98.9 cm³/mol. The number of nitrogens with zero attached hydrogens (tertiary/aromatic N) is 2. The van der Waals surface area contributed by atoms with Crippen LogP contribution in [0.2, 0.25) is 5.02 Å². The second-order valence-electron chi connectivity index (χ2n) is 5.43. The van der Waals surface area contributed by atoms with Gasteiger partial charge in [-0.05, 0) is 43.3 Å². The number of aromatic nitrogens is 2. The van der Waals surface area contributed by atoms with Crippen LogP contribution in [-0.2, 0) is 4.79 Å². The highest BCUT2D eigenvalue weighted by Crippen LogP contribution is 2.26. The minimum Gasteiger partial charge on any atom is -0.323 e. The van der Waals surface area contributed by atoms with Crippen LogP contribution in [0.25, 0.3) is 5.69 Å². The number of carbonyl (C=O) groups excluding carboxylic acids is 1. The number of hydrogen-bond acceptors (Lipinski definition) is 3. The summed E-state index contributed by atoms with van der Waals surface area (Å²) in [4.78, 5) is 16.6. The highest BCUT2D eigenvalue weighted by atomic mass is 35.5. The van der Waals surface area contributed by atoms with Gasteiger partial charge in [0.2, 0.25) is 5.91 Å². The summed E-state index contributed by atoms with van der Waals surface area (Å²) in [6.45, 7) is 1.68. The minimum atomic E-state index is -0.821. The van der Waals surface area contributed by atoms with Crippen molar-refractivity contribution in [1.82, 2.24) is 9.55 Å². The Bertz CT molecular complexity index is 930. The van der Waals surface area contributed by atoms with Crippen molar-refractivity contribution in [1.29, 1.82) is 0 Å². The van der Waals surface area contributed by atoms with Crippen LogP contribution in [0, 0.1) is 11.6 Å². The van der Waals surface area contributed by atoms with E-state index in [2.05, 4.69) is 10.3 Å². The predicted octanol–water partition coefficient (Wildman–Crippen LogP) is 4.92. The van der Waals surface area contributed by atoms with Crippen LogP contribution in [0.15, 0.2) is 60.0 Å². The summed E-state index contributed by atoms with van der Waals surface area (Å²) in [6.07, 6.45) is 3.40. The topological polar surface area (TPSA) is 46.9 Å². The number of nitrogens with one attached hydrogen (secondary N) is 1. The molecule has 0 saturated carbocycles. The molecule has 1 atom stereocenters. The second-order valence-corrected chi connectivity index (χ2v) is 7.17. The monoisotopic (exact) mass is 393 g/mol. The molecule has 1 heterocycles. The molecule has 0 unspecified atom stereocenters. The second kappa shape index (κ2) is 7.88. The van der Waals surface area contributed by atoms with Gasteiger partial charge in [-0.1, -0.05) is 23.4 Å². The first kappa shape index (κ1) is 18.4. The third-order valence-corrected chi connectivity index (χ3v) is 4.88. The molecular weight excluding hydrogens is 380 g/mol. The molecule has 8 heteroatoms. The van der Waals surface area contributed by atoms with E-state index in [0.29, 0.717) is 10.2 Å². The number of anilines is 1. The van der Waals surface area contributed by atoms with Gasteiger partial charge in [0.1, 0.15) is 11.6 Å². The standard InChI is InChI=1S/C18H14ClF2N3OS/c1-11(17(25)23-16-7-4-13(20)10-15(16)21)26-18-22-8-9-24(18)14-5-2-12(19)3-6-14/h2-11H,1H3,(H,23,25)/t11-/m0/s1. The Morgan fingerprint density at radius 1 is 1.23 bits per heavy atom. The maximum atomic E-state index is 13.7. The van der Waals surface area contributed by atoms with Crippen molar-refractivity contribution >= 4 is 35.0 Å². The molecule has 4 nitrogen and oxygen atoms in total. The van der Waals surface area contributed by atoms with Crippen LogP contribution in [0.4, 0.5) is 14.5 Å². The summed E-state index contributed by atoms with van der Waals surface area (Å²) in [5, 5.41) is 3.14. The lowest BCUT2D eigenvalue weighted by molar-refractivity contribution is -0.115. The van der Waals surface area contributed by atoms with Gasteiger partial charge in [0, 0.05) is 29.2 Å². The molecule has 0 radical (unpaired) electrons. The Balaban J connectivity index is 1.72. The highest BCUT2D eigenvalue weighted by molar-refractivity contribution is 8.00. The van der Waals surface area contributed by atoms with Crippen LogP contribution in [0.1, 0.15) is 6.92 Å². The Morgan fingerprint density at radius 2 is 1.96 bits per heavy atom.